The van der Waals surface area contributed by atoms with Crippen LogP contribution in [0.4, 0.5) is 21.4 Å². The normalized spacial score (nSPS) is 19.9. The van der Waals surface area contributed by atoms with E-state index in [9.17, 15) is 9.59 Å². The molecule has 10 heteroatoms. The Balaban J connectivity index is 1.35. The molecule has 4 rings (SSSR count). The zero-order valence-corrected chi connectivity index (χ0v) is 19.0. The molecule has 2 aromatic rings. The van der Waals surface area contributed by atoms with E-state index in [4.69, 9.17) is 9.84 Å². The molecule has 33 heavy (non-hydrogen) atoms. The number of carbonyl (C=O) groups excluding carboxylic acids is 1. The SMILES string of the molecule is CC[C@H]1COC(=O)N1c1ccnc(NC(C)c2ccc(CN3CCN(C(=O)O)CC3)cc2)n1. The van der Waals surface area contributed by atoms with Crippen LogP contribution in [0.15, 0.2) is 36.5 Å². The van der Waals surface area contributed by atoms with Crippen molar-refractivity contribution in [1.29, 1.82) is 0 Å². The maximum absolute atomic E-state index is 12.1. The summed E-state index contributed by atoms with van der Waals surface area (Å²) in [5.41, 5.74) is 2.28. The van der Waals surface area contributed by atoms with Gasteiger partial charge in [0.15, 0.2) is 0 Å². The minimum atomic E-state index is -0.847. The fourth-order valence-corrected chi connectivity index (χ4v) is 4.14. The summed E-state index contributed by atoms with van der Waals surface area (Å²) < 4.78 is 5.17. The highest BCUT2D eigenvalue weighted by Crippen LogP contribution is 2.25. The smallest absolute Gasteiger partial charge is 0.415 e. The van der Waals surface area contributed by atoms with Crippen molar-refractivity contribution >= 4 is 24.0 Å². The number of benzene rings is 1. The van der Waals surface area contributed by atoms with Gasteiger partial charge in [-0.3, -0.25) is 9.80 Å². The first-order valence-corrected chi connectivity index (χ1v) is 11.3. The van der Waals surface area contributed by atoms with Crippen LogP contribution in [0, 0.1) is 0 Å². The van der Waals surface area contributed by atoms with Gasteiger partial charge >= 0.3 is 12.2 Å². The van der Waals surface area contributed by atoms with Gasteiger partial charge in [0, 0.05) is 38.9 Å². The number of ether oxygens (including phenoxy) is 1. The van der Waals surface area contributed by atoms with Crippen molar-refractivity contribution in [3.63, 3.8) is 0 Å². The van der Waals surface area contributed by atoms with Crippen molar-refractivity contribution in [2.75, 3.05) is 43.0 Å². The number of amides is 2. The Kier molecular flexibility index (Phi) is 6.93. The maximum Gasteiger partial charge on any atom is 0.415 e. The lowest BCUT2D eigenvalue weighted by atomic mass is 10.1. The summed E-state index contributed by atoms with van der Waals surface area (Å²) in [4.78, 5) is 37.3. The Bertz CT molecular complexity index is 977. The number of carboxylic acid groups (broad SMARTS) is 1. The topological polar surface area (TPSA) is 111 Å². The summed E-state index contributed by atoms with van der Waals surface area (Å²) in [7, 11) is 0. The van der Waals surface area contributed by atoms with Gasteiger partial charge in [0.05, 0.1) is 12.1 Å². The minimum Gasteiger partial charge on any atom is -0.465 e. The molecule has 0 bridgehead atoms. The molecule has 2 aliphatic heterocycles. The zero-order valence-electron chi connectivity index (χ0n) is 19.0. The molecule has 2 amide bonds. The van der Waals surface area contributed by atoms with E-state index in [-0.39, 0.29) is 18.2 Å². The van der Waals surface area contributed by atoms with E-state index < -0.39 is 6.09 Å². The van der Waals surface area contributed by atoms with Crippen LogP contribution in [-0.2, 0) is 11.3 Å². The van der Waals surface area contributed by atoms with Crippen LogP contribution in [0.2, 0.25) is 0 Å². The van der Waals surface area contributed by atoms with Crippen LogP contribution < -0.4 is 10.2 Å². The largest absolute Gasteiger partial charge is 0.465 e. The fourth-order valence-electron chi connectivity index (χ4n) is 4.14. The maximum atomic E-state index is 12.1. The standard InChI is InChI=1S/C23H30N6O4/c1-3-19-15-33-23(32)29(19)20-8-9-24-21(26-20)25-16(2)18-6-4-17(5-7-18)14-27-10-12-28(13-11-27)22(30)31/h4-9,16,19H,3,10-15H2,1-2H3,(H,30,31)(H,24,25,26)/t16?,19-/m0/s1. The Morgan fingerprint density at radius 3 is 2.61 bits per heavy atom. The summed E-state index contributed by atoms with van der Waals surface area (Å²) in [6, 6.07) is 10.0. The lowest BCUT2D eigenvalue weighted by Gasteiger charge is -2.33. The minimum absolute atomic E-state index is 0.0164. The Morgan fingerprint density at radius 2 is 1.94 bits per heavy atom. The summed E-state index contributed by atoms with van der Waals surface area (Å²) in [6.07, 6.45) is 1.21. The van der Waals surface area contributed by atoms with E-state index in [1.54, 1.807) is 17.2 Å². The molecule has 1 aromatic heterocycles. The van der Waals surface area contributed by atoms with Gasteiger partial charge in [0.2, 0.25) is 5.95 Å². The number of anilines is 2. The number of hydrogen-bond acceptors (Lipinski definition) is 7. The summed E-state index contributed by atoms with van der Waals surface area (Å²) in [6.45, 7) is 7.79. The predicted octanol–water partition coefficient (Wildman–Crippen LogP) is 3.18. The first-order chi connectivity index (χ1) is 15.9. The lowest BCUT2D eigenvalue weighted by Crippen LogP contribution is -2.47. The quantitative estimate of drug-likeness (QED) is 0.656. The van der Waals surface area contributed by atoms with Crippen molar-refractivity contribution in [3.8, 4) is 0 Å². The molecule has 2 N–H and O–H groups in total. The lowest BCUT2D eigenvalue weighted by molar-refractivity contribution is 0.103. The first-order valence-electron chi connectivity index (χ1n) is 11.3. The number of carbonyl (C=O) groups is 2. The van der Waals surface area contributed by atoms with Gasteiger partial charge < -0.3 is 20.1 Å². The summed E-state index contributed by atoms with van der Waals surface area (Å²) in [5, 5.41) is 12.4. The highest BCUT2D eigenvalue weighted by Gasteiger charge is 2.34. The summed E-state index contributed by atoms with van der Waals surface area (Å²) in [5.74, 6) is 0.988. The number of hydrogen-bond donors (Lipinski definition) is 2. The van der Waals surface area contributed by atoms with Gasteiger partial charge in [-0.05, 0) is 30.5 Å². The second-order valence-corrected chi connectivity index (χ2v) is 8.40. The third-order valence-corrected chi connectivity index (χ3v) is 6.19. The highest BCUT2D eigenvalue weighted by atomic mass is 16.6. The fraction of sp³-hybridized carbons (Fsp3) is 0.478. The average Bonchev–Trinajstić information content (AvgIpc) is 3.20. The Labute approximate surface area is 193 Å². The van der Waals surface area contributed by atoms with E-state index in [1.807, 2.05) is 13.8 Å². The molecule has 0 radical (unpaired) electrons. The second-order valence-electron chi connectivity index (χ2n) is 8.40. The van der Waals surface area contributed by atoms with Crippen molar-refractivity contribution < 1.29 is 19.4 Å². The third kappa shape index (κ3) is 5.33. The van der Waals surface area contributed by atoms with Crippen molar-refractivity contribution in [1.82, 2.24) is 19.8 Å². The Morgan fingerprint density at radius 1 is 1.21 bits per heavy atom. The van der Waals surface area contributed by atoms with Crippen LogP contribution in [0.5, 0.6) is 0 Å². The monoisotopic (exact) mass is 454 g/mol. The molecule has 0 spiro atoms. The van der Waals surface area contributed by atoms with Crippen LogP contribution in [0.3, 0.4) is 0 Å². The molecule has 2 fully saturated rings. The molecule has 176 valence electrons. The van der Waals surface area contributed by atoms with Gasteiger partial charge in [0.1, 0.15) is 12.4 Å². The molecule has 2 atom stereocenters. The number of cyclic esters (lactones) is 1. The predicted molar refractivity (Wildman–Crippen MR) is 123 cm³/mol. The van der Waals surface area contributed by atoms with Crippen molar-refractivity contribution in [2.24, 2.45) is 0 Å². The van der Waals surface area contributed by atoms with Gasteiger partial charge in [-0.15, -0.1) is 0 Å². The van der Waals surface area contributed by atoms with Gasteiger partial charge in [-0.1, -0.05) is 31.2 Å². The Hall–Kier alpha value is -3.40. The molecular formula is C23H30N6O4. The van der Waals surface area contributed by atoms with E-state index in [0.717, 1.165) is 31.6 Å². The van der Waals surface area contributed by atoms with E-state index in [2.05, 4.69) is 44.5 Å². The highest BCUT2D eigenvalue weighted by molar-refractivity contribution is 5.89. The van der Waals surface area contributed by atoms with Crippen LogP contribution in [0.25, 0.3) is 0 Å². The molecular weight excluding hydrogens is 424 g/mol. The van der Waals surface area contributed by atoms with Gasteiger partial charge in [-0.25, -0.2) is 14.6 Å². The molecule has 2 aliphatic rings. The number of rotatable bonds is 7. The molecule has 10 nitrogen and oxygen atoms in total. The molecule has 0 aliphatic carbocycles. The molecule has 3 heterocycles. The number of piperazine rings is 1. The van der Waals surface area contributed by atoms with Crippen LogP contribution in [-0.4, -0.2) is 75.9 Å². The molecule has 1 unspecified atom stereocenters. The van der Waals surface area contributed by atoms with Crippen LogP contribution in [0.1, 0.15) is 37.4 Å². The second kappa shape index (κ2) is 10.0. The summed E-state index contributed by atoms with van der Waals surface area (Å²) >= 11 is 0. The average molecular weight is 455 g/mol. The zero-order chi connectivity index (χ0) is 23.4. The molecule has 1 aromatic carbocycles. The van der Waals surface area contributed by atoms with Crippen molar-refractivity contribution in [2.45, 2.75) is 38.9 Å². The molecule has 0 saturated carbocycles. The van der Waals surface area contributed by atoms with Gasteiger partial charge in [-0.2, -0.15) is 4.98 Å². The number of nitrogens with one attached hydrogen (secondary N) is 1. The first kappa shape index (κ1) is 22.8. The van der Waals surface area contributed by atoms with Crippen LogP contribution >= 0.6 is 0 Å². The van der Waals surface area contributed by atoms with Gasteiger partial charge in [0.25, 0.3) is 0 Å². The van der Waals surface area contributed by atoms with E-state index >= 15 is 0 Å². The molecule has 2 saturated heterocycles. The van der Waals surface area contributed by atoms with E-state index in [0.29, 0.717) is 31.5 Å². The van der Waals surface area contributed by atoms with Crippen molar-refractivity contribution in [3.05, 3.63) is 47.7 Å². The number of aromatic nitrogens is 2. The number of nitrogens with zero attached hydrogens (tertiary/aromatic N) is 5. The van der Waals surface area contributed by atoms with E-state index in [1.165, 1.54) is 10.5 Å². The third-order valence-electron chi connectivity index (χ3n) is 6.19.